The molecule has 0 aliphatic rings. The largest absolute Gasteiger partial charge is 0.447 e. The number of aromatic nitrogens is 3. The molecule has 0 unspecified atom stereocenters. The number of benzene rings is 4. The van der Waals surface area contributed by atoms with Crippen molar-refractivity contribution in [3.63, 3.8) is 0 Å². The topological polar surface area (TPSA) is 79.1 Å². The first kappa shape index (κ1) is 17.9. The number of nitrogens with zero attached hydrogens (tertiary/aromatic N) is 3. The van der Waals surface area contributed by atoms with E-state index in [0.717, 1.165) is 5.46 Å². The van der Waals surface area contributed by atoms with E-state index in [1.807, 2.05) is 0 Å². The van der Waals surface area contributed by atoms with Gasteiger partial charge in [0.1, 0.15) is 11.4 Å². The molecule has 5 aromatic rings. The highest BCUT2D eigenvalue weighted by atomic mass is 16.2. The molecule has 29 heavy (non-hydrogen) atoms. The van der Waals surface area contributed by atoms with Crippen LogP contribution < -0.4 is 22.6 Å². The van der Waals surface area contributed by atoms with Gasteiger partial charge in [0, 0.05) is 0 Å². The maximum absolute atomic E-state index is 9.37. The fourth-order valence-electron chi connectivity index (χ4n) is 3.99. The van der Waals surface area contributed by atoms with E-state index in [1.165, 1.54) is 32.3 Å². The second kappa shape index (κ2) is 7.31. The van der Waals surface area contributed by atoms with Crippen LogP contribution in [0, 0.1) is 0 Å². The van der Waals surface area contributed by atoms with Gasteiger partial charge in [-0.2, -0.15) is 0 Å². The third-order valence-corrected chi connectivity index (χ3v) is 5.23. The Kier molecular flexibility index (Phi) is 4.50. The van der Waals surface area contributed by atoms with Gasteiger partial charge in [-0.25, -0.2) is 15.0 Å². The fraction of sp³-hybridized carbons (Fsp3) is 0. The van der Waals surface area contributed by atoms with E-state index in [-0.39, 0.29) is 26.4 Å². The molecule has 0 radical (unpaired) electrons. The van der Waals surface area contributed by atoms with Crippen LogP contribution in [0.2, 0.25) is 0 Å². The second-order valence-electron chi connectivity index (χ2n) is 7.05. The SMILES string of the molecule is OBc1nc(BO)nc(Bc2ccc3c4ccccc4c4ccccc4c3c2)n1. The first-order valence-corrected chi connectivity index (χ1v) is 9.53. The minimum absolute atomic E-state index is 0.274. The average Bonchev–Trinajstić information content (AvgIpc) is 2.79. The molecule has 0 fully saturated rings. The molecular formula is C21H16B3N3O2. The van der Waals surface area contributed by atoms with Crippen LogP contribution in [0.25, 0.3) is 32.3 Å². The van der Waals surface area contributed by atoms with E-state index in [2.05, 4.69) is 81.7 Å². The van der Waals surface area contributed by atoms with Gasteiger partial charge in [0.25, 0.3) is 0 Å². The zero-order chi connectivity index (χ0) is 19.8. The molecule has 0 spiro atoms. The molecule has 1 aromatic heterocycles. The van der Waals surface area contributed by atoms with Gasteiger partial charge in [-0.1, -0.05) is 72.2 Å². The normalized spacial score (nSPS) is 11.1. The number of hydrogen-bond acceptors (Lipinski definition) is 5. The fourth-order valence-corrected chi connectivity index (χ4v) is 3.99. The molecule has 0 saturated heterocycles. The zero-order valence-electron chi connectivity index (χ0n) is 15.7. The zero-order valence-corrected chi connectivity index (χ0v) is 15.7. The standard InChI is InChI=1S/C21H16B3N3O2/c28-23-20-25-19(26-21(24-29)27-20)22-12-9-10-17-15-7-2-1-5-13(15)14-6-3-4-8-16(14)18(17)11-12/h1-11,22-24,28-29H. The van der Waals surface area contributed by atoms with E-state index in [0.29, 0.717) is 13.0 Å². The van der Waals surface area contributed by atoms with Crippen molar-refractivity contribution < 1.29 is 10.0 Å². The lowest BCUT2D eigenvalue weighted by atomic mass is 9.68. The third kappa shape index (κ3) is 3.16. The lowest BCUT2D eigenvalue weighted by Gasteiger charge is -2.11. The molecule has 0 atom stereocenters. The van der Waals surface area contributed by atoms with Crippen LogP contribution in [-0.2, 0) is 0 Å². The van der Waals surface area contributed by atoms with Crippen LogP contribution in [0.4, 0.5) is 0 Å². The van der Waals surface area contributed by atoms with Crippen LogP contribution in [0.1, 0.15) is 0 Å². The van der Waals surface area contributed by atoms with Gasteiger partial charge in [0.05, 0.1) is 5.72 Å². The molecule has 4 aromatic carbocycles. The summed E-state index contributed by atoms with van der Waals surface area (Å²) in [7, 11) is -0.0622. The predicted octanol–water partition coefficient (Wildman–Crippen LogP) is -1.34. The van der Waals surface area contributed by atoms with E-state index in [9.17, 15) is 10.0 Å². The Morgan fingerprint density at radius 1 is 0.517 bits per heavy atom. The molecule has 0 saturated carbocycles. The molecule has 0 amide bonds. The molecule has 2 N–H and O–H groups in total. The quantitative estimate of drug-likeness (QED) is 0.300. The van der Waals surface area contributed by atoms with Gasteiger partial charge < -0.3 is 10.0 Å². The smallest absolute Gasteiger partial charge is 0.350 e. The number of hydrogen-bond donors (Lipinski definition) is 2. The highest BCUT2D eigenvalue weighted by Crippen LogP contribution is 2.34. The summed E-state index contributed by atoms with van der Waals surface area (Å²) >= 11 is 0. The molecule has 8 heteroatoms. The Morgan fingerprint density at radius 2 is 0.966 bits per heavy atom. The Labute approximate surface area is 169 Å². The van der Waals surface area contributed by atoms with Gasteiger partial charge >= 0.3 is 15.0 Å². The van der Waals surface area contributed by atoms with E-state index in [4.69, 9.17) is 0 Å². The second-order valence-corrected chi connectivity index (χ2v) is 7.05. The van der Waals surface area contributed by atoms with Crippen molar-refractivity contribution in [2.45, 2.75) is 0 Å². The van der Waals surface area contributed by atoms with Crippen molar-refractivity contribution in [1.82, 2.24) is 15.0 Å². The summed E-state index contributed by atoms with van der Waals surface area (Å²) in [5.74, 6) is 0. The van der Waals surface area contributed by atoms with Crippen molar-refractivity contribution >= 4 is 77.2 Å². The van der Waals surface area contributed by atoms with Gasteiger partial charge in [-0.3, -0.25) is 0 Å². The lowest BCUT2D eigenvalue weighted by molar-refractivity contribution is 0.609. The van der Waals surface area contributed by atoms with Gasteiger partial charge in [0.15, 0.2) is 0 Å². The number of rotatable bonds is 4. The third-order valence-electron chi connectivity index (χ3n) is 5.23. The molecule has 0 bridgehead atoms. The Morgan fingerprint density at radius 3 is 1.48 bits per heavy atom. The van der Waals surface area contributed by atoms with Crippen LogP contribution in [-0.4, -0.2) is 47.2 Å². The maximum atomic E-state index is 9.37. The minimum atomic E-state index is -0.281. The monoisotopic (exact) mass is 375 g/mol. The van der Waals surface area contributed by atoms with Crippen LogP contribution >= 0.6 is 0 Å². The summed E-state index contributed by atoms with van der Waals surface area (Å²) in [6, 6.07) is 23.4. The van der Waals surface area contributed by atoms with E-state index >= 15 is 0 Å². The molecule has 0 aliphatic carbocycles. The molecule has 5 rings (SSSR count). The summed E-state index contributed by atoms with van der Waals surface area (Å²) < 4.78 is 0. The molecular weight excluding hydrogens is 359 g/mol. The number of fused-ring (bicyclic) bond motifs is 6. The van der Waals surface area contributed by atoms with Gasteiger partial charge in [-0.15, -0.1) is 0 Å². The van der Waals surface area contributed by atoms with Crippen LogP contribution in [0.5, 0.6) is 0 Å². The maximum Gasteiger partial charge on any atom is 0.350 e. The Bertz CT molecular complexity index is 1320. The van der Waals surface area contributed by atoms with Crippen molar-refractivity contribution in [2.24, 2.45) is 0 Å². The summed E-state index contributed by atoms with van der Waals surface area (Å²) in [5, 5.41) is 26.1. The first-order valence-electron chi connectivity index (χ1n) is 9.53. The summed E-state index contributed by atoms with van der Waals surface area (Å²) in [6.45, 7) is 0. The van der Waals surface area contributed by atoms with Crippen LogP contribution in [0.15, 0.2) is 66.7 Å². The lowest BCUT2D eigenvalue weighted by Crippen LogP contribution is -2.46. The van der Waals surface area contributed by atoms with E-state index in [1.54, 1.807) is 0 Å². The van der Waals surface area contributed by atoms with Crippen molar-refractivity contribution in [3.05, 3.63) is 66.7 Å². The molecule has 136 valence electrons. The van der Waals surface area contributed by atoms with Crippen molar-refractivity contribution in [2.75, 3.05) is 0 Å². The summed E-state index contributed by atoms with van der Waals surface area (Å²) in [4.78, 5) is 12.6. The summed E-state index contributed by atoms with van der Waals surface area (Å²) in [6.07, 6.45) is 0. The van der Waals surface area contributed by atoms with E-state index < -0.39 is 0 Å². The molecule has 0 aliphatic heterocycles. The van der Waals surface area contributed by atoms with Crippen molar-refractivity contribution in [3.8, 4) is 0 Å². The predicted molar refractivity (Wildman–Crippen MR) is 123 cm³/mol. The molecule has 5 nitrogen and oxygen atoms in total. The highest BCUT2D eigenvalue weighted by molar-refractivity contribution is 6.66. The Balaban J connectivity index is 1.70. The van der Waals surface area contributed by atoms with Gasteiger partial charge in [0.2, 0.25) is 7.28 Å². The Hall–Kier alpha value is -3.22. The average molecular weight is 375 g/mol. The molecule has 1 heterocycles. The van der Waals surface area contributed by atoms with Crippen molar-refractivity contribution in [1.29, 1.82) is 0 Å². The van der Waals surface area contributed by atoms with Gasteiger partial charge in [-0.05, 0) is 32.3 Å². The summed E-state index contributed by atoms with van der Waals surface area (Å²) in [5.41, 5.74) is 2.15. The first-order chi connectivity index (χ1) is 14.3. The van der Waals surface area contributed by atoms with Crippen LogP contribution in [0.3, 0.4) is 0 Å². The minimum Gasteiger partial charge on any atom is -0.447 e. The highest BCUT2D eigenvalue weighted by Gasteiger charge is 2.12.